The molecule has 0 aliphatic heterocycles. The number of hydrogen-bond acceptors (Lipinski definition) is 0. The smallest absolute Gasteiger partial charge is 0.0175 e. The first-order chi connectivity index (χ1) is 7.33. The van der Waals surface area contributed by atoms with E-state index in [1.54, 1.807) is 0 Å². The average molecular weight is 269 g/mol. The van der Waals surface area contributed by atoms with Gasteiger partial charge in [-0.3, -0.25) is 0 Å². The van der Waals surface area contributed by atoms with Crippen molar-refractivity contribution in [2.75, 3.05) is 0 Å². The molecule has 0 aromatic heterocycles. The molecule has 15 heavy (non-hydrogen) atoms. The maximum atomic E-state index is 3.46. The first kappa shape index (κ1) is 12.8. The second-order valence-electron chi connectivity index (χ2n) is 4.14. The van der Waals surface area contributed by atoms with Crippen molar-refractivity contribution >= 4 is 15.9 Å². The zero-order valence-electron chi connectivity index (χ0n) is 9.64. The van der Waals surface area contributed by atoms with Crippen LogP contribution in [0.3, 0.4) is 0 Å². The van der Waals surface area contributed by atoms with E-state index < -0.39 is 0 Å². The molecule has 0 aliphatic rings. The van der Waals surface area contributed by atoms with E-state index >= 15 is 0 Å². The fourth-order valence-corrected chi connectivity index (χ4v) is 2.02. The maximum absolute atomic E-state index is 3.46. The third-order valence-corrected chi connectivity index (χ3v) is 3.26. The Morgan fingerprint density at radius 1 is 0.867 bits per heavy atom. The van der Waals surface area contributed by atoms with Gasteiger partial charge < -0.3 is 0 Å². The topological polar surface area (TPSA) is 0 Å². The summed E-state index contributed by atoms with van der Waals surface area (Å²) < 4.78 is 1.18. The maximum Gasteiger partial charge on any atom is 0.0175 e. The average Bonchev–Trinajstić information content (AvgIpc) is 2.26. The minimum absolute atomic E-state index is 1.18. The molecule has 0 saturated heterocycles. The van der Waals surface area contributed by atoms with Gasteiger partial charge in [-0.15, -0.1) is 0 Å². The summed E-state index contributed by atoms with van der Waals surface area (Å²) in [4.78, 5) is 0. The molecule has 0 saturated carbocycles. The van der Waals surface area contributed by atoms with Crippen LogP contribution in [0.4, 0.5) is 0 Å². The van der Waals surface area contributed by atoms with Crippen LogP contribution in [0.25, 0.3) is 0 Å². The van der Waals surface area contributed by atoms with Gasteiger partial charge in [0.05, 0.1) is 0 Å². The molecule has 0 heterocycles. The van der Waals surface area contributed by atoms with Gasteiger partial charge in [0.25, 0.3) is 0 Å². The Labute approximate surface area is 102 Å². The third kappa shape index (κ3) is 5.99. The highest BCUT2D eigenvalue weighted by atomic mass is 79.9. The molecule has 0 amide bonds. The number of halogens is 1. The van der Waals surface area contributed by atoms with Gasteiger partial charge in [-0.25, -0.2) is 0 Å². The Balaban J connectivity index is 2.07. The normalized spacial score (nSPS) is 10.5. The van der Waals surface area contributed by atoms with Crippen LogP contribution in [0.1, 0.15) is 51.0 Å². The number of unbranched alkanes of at least 4 members (excludes halogenated alkanes) is 5. The molecule has 0 fully saturated rings. The summed E-state index contributed by atoms with van der Waals surface area (Å²) in [6.45, 7) is 2.27. The lowest BCUT2D eigenvalue weighted by atomic mass is 10.1. The Bertz CT molecular complexity index is 251. The van der Waals surface area contributed by atoms with Crippen molar-refractivity contribution in [3.05, 3.63) is 34.3 Å². The van der Waals surface area contributed by atoms with Crippen LogP contribution in [0.15, 0.2) is 28.7 Å². The van der Waals surface area contributed by atoms with Crippen molar-refractivity contribution < 1.29 is 0 Å². The number of hydrogen-bond donors (Lipinski definition) is 0. The van der Waals surface area contributed by atoms with E-state index in [9.17, 15) is 0 Å². The lowest BCUT2D eigenvalue weighted by Gasteiger charge is -2.02. The van der Waals surface area contributed by atoms with E-state index in [1.807, 2.05) is 0 Å². The zero-order chi connectivity index (χ0) is 10.9. The van der Waals surface area contributed by atoms with Crippen LogP contribution in [0, 0.1) is 0 Å². The van der Waals surface area contributed by atoms with Crippen LogP contribution in [0.5, 0.6) is 0 Å². The van der Waals surface area contributed by atoms with Gasteiger partial charge in [0, 0.05) is 4.47 Å². The molecular formula is C14H21Br. The molecule has 1 rings (SSSR count). The van der Waals surface area contributed by atoms with E-state index in [1.165, 1.54) is 55.0 Å². The Morgan fingerprint density at radius 3 is 2.13 bits per heavy atom. The molecular weight excluding hydrogens is 248 g/mol. The predicted molar refractivity (Wildman–Crippen MR) is 71.2 cm³/mol. The van der Waals surface area contributed by atoms with Crippen molar-refractivity contribution in [3.8, 4) is 0 Å². The van der Waals surface area contributed by atoms with Crippen LogP contribution in [0.2, 0.25) is 0 Å². The van der Waals surface area contributed by atoms with Crippen LogP contribution in [-0.4, -0.2) is 0 Å². The SMILES string of the molecule is CCCCCCCCc1ccc(Br)cc1. The minimum Gasteiger partial charge on any atom is -0.0654 e. The molecule has 0 nitrogen and oxygen atoms in total. The molecule has 0 bridgehead atoms. The highest BCUT2D eigenvalue weighted by Gasteiger charge is 1.94. The van der Waals surface area contributed by atoms with Crippen molar-refractivity contribution in [2.45, 2.75) is 51.9 Å². The lowest BCUT2D eigenvalue weighted by Crippen LogP contribution is -1.85. The zero-order valence-corrected chi connectivity index (χ0v) is 11.2. The summed E-state index contributed by atoms with van der Waals surface area (Å²) in [5.74, 6) is 0. The molecule has 1 aromatic rings. The first-order valence-electron chi connectivity index (χ1n) is 6.07. The molecule has 0 spiro atoms. The lowest BCUT2D eigenvalue weighted by molar-refractivity contribution is 0.607. The summed E-state index contributed by atoms with van der Waals surface area (Å²) in [6.07, 6.45) is 9.52. The predicted octanol–water partition coefficient (Wildman–Crippen LogP) is 5.35. The fraction of sp³-hybridized carbons (Fsp3) is 0.571. The highest BCUT2D eigenvalue weighted by molar-refractivity contribution is 9.10. The molecule has 0 aliphatic carbocycles. The third-order valence-electron chi connectivity index (χ3n) is 2.73. The van der Waals surface area contributed by atoms with Gasteiger partial charge in [-0.05, 0) is 30.5 Å². The van der Waals surface area contributed by atoms with E-state index in [-0.39, 0.29) is 0 Å². The summed E-state index contributed by atoms with van der Waals surface area (Å²) in [7, 11) is 0. The van der Waals surface area contributed by atoms with Crippen molar-refractivity contribution in [1.82, 2.24) is 0 Å². The van der Waals surface area contributed by atoms with E-state index in [0.717, 1.165) is 0 Å². The van der Waals surface area contributed by atoms with Crippen molar-refractivity contribution in [2.24, 2.45) is 0 Å². The second kappa shape index (κ2) is 7.92. The van der Waals surface area contributed by atoms with E-state index in [0.29, 0.717) is 0 Å². The van der Waals surface area contributed by atoms with E-state index in [2.05, 4.69) is 47.1 Å². The molecule has 0 N–H and O–H groups in total. The van der Waals surface area contributed by atoms with Gasteiger partial charge in [-0.2, -0.15) is 0 Å². The van der Waals surface area contributed by atoms with Gasteiger partial charge in [0.15, 0.2) is 0 Å². The molecule has 1 heteroatoms. The van der Waals surface area contributed by atoms with Gasteiger partial charge in [0.2, 0.25) is 0 Å². The van der Waals surface area contributed by atoms with Crippen LogP contribution < -0.4 is 0 Å². The van der Waals surface area contributed by atoms with Gasteiger partial charge >= 0.3 is 0 Å². The van der Waals surface area contributed by atoms with Gasteiger partial charge in [-0.1, -0.05) is 67.1 Å². The molecule has 0 radical (unpaired) electrons. The number of aryl methyl sites for hydroxylation is 1. The summed E-state index contributed by atoms with van der Waals surface area (Å²) in [5, 5.41) is 0. The van der Waals surface area contributed by atoms with Crippen LogP contribution in [-0.2, 0) is 6.42 Å². The summed E-state index contributed by atoms with van der Waals surface area (Å²) in [5.41, 5.74) is 1.47. The Hall–Kier alpha value is -0.300. The molecule has 1 aromatic carbocycles. The standard InChI is InChI=1S/C14H21Br/c1-2-3-4-5-6-7-8-13-9-11-14(15)12-10-13/h9-12H,2-8H2,1H3. The van der Waals surface area contributed by atoms with Crippen molar-refractivity contribution in [3.63, 3.8) is 0 Å². The summed E-state index contributed by atoms with van der Waals surface area (Å²) >= 11 is 3.46. The fourth-order valence-electron chi connectivity index (χ4n) is 1.76. The largest absolute Gasteiger partial charge is 0.0654 e. The van der Waals surface area contributed by atoms with Crippen molar-refractivity contribution in [1.29, 1.82) is 0 Å². The summed E-state index contributed by atoms with van der Waals surface area (Å²) in [6, 6.07) is 8.70. The Morgan fingerprint density at radius 2 is 1.47 bits per heavy atom. The molecule has 0 unspecified atom stereocenters. The first-order valence-corrected chi connectivity index (χ1v) is 6.86. The second-order valence-corrected chi connectivity index (χ2v) is 5.06. The van der Waals surface area contributed by atoms with Crippen LogP contribution >= 0.6 is 15.9 Å². The molecule has 0 atom stereocenters. The monoisotopic (exact) mass is 268 g/mol. The highest BCUT2D eigenvalue weighted by Crippen LogP contribution is 2.13. The number of rotatable bonds is 7. The minimum atomic E-state index is 1.18. The molecule has 84 valence electrons. The number of benzene rings is 1. The quantitative estimate of drug-likeness (QED) is 0.585. The van der Waals surface area contributed by atoms with E-state index in [4.69, 9.17) is 0 Å². The Kier molecular flexibility index (Phi) is 6.74. The van der Waals surface area contributed by atoms with Gasteiger partial charge in [0.1, 0.15) is 0 Å².